The van der Waals surface area contributed by atoms with Crippen molar-refractivity contribution in [3.05, 3.63) is 12.3 Å². The van der Waals surface area contributed by atoms with E-state index in [1.54, 1.807) is 0 Å². The Balaban J connectivity index is 3.51. The second-order valence-corrected chi connectivity index (χ2v) is 2.88. The number of unbranched alkanes of at least 4 members (excludes halogenated alkanes) is 1. The van der Waals surface area contributed by atoms with Gasteiger partial charge in [0, 0.05) is 6.54 Å². The van der Waals surface area contributed by atoms with E-state index in [2.05, 4.69) is 18.8 Å². The number of nitrogens with one attached hydrogen (secondary N) is 1. The van der Waals surface area contributed by atoms with Gasteiger partial charge in [-0.2, -0.15) is 0 Å². The Bertz CT molecular complexity index is 166. The number of rotatable bonds is 7. The minimum Gasteiger partial charge on any atom is -0.488 e. The highest BCUT2D eigenvalue weighted by molar-refractivity contribution is 5.90. The second-order valence-electron chi connectivity index (χ2n) is 2.88. The van der Waals surface area contributed by atoms with E-state index in [4.69, 9.17) is 4.74 Å². The quantitative estimate of drug-likeness (QED) is 0.373. The van der Waals surface area contributed by atoms with Crippen LogP contribution in [-0.4, -0.2) is 19.1 Å². The average molecular weight is 185 g/mol. The number of hydrogen-bond donors (Lipinski definition) is 1. The molecule has 0 unspecified atom stereocenters. The predicted octanol–water partition coefficient (Wildman–Crippen LogP) is 1.84. The third-order valence-electron chi connectivity index (χ3n) is 1.56. The zero-order chi connectivity index (χ0) is 10.1. The topological polar surface area (TPSA) is 38.3 Å². The number of hydrogen-bond acceptors (Lipinski definition) is 2. The van der Waals surface area contributed by atoms with Gasteiger partial charge in [-0.15, -0.1) is 0 Å². The van der Waals surface area contributed by atoms with Crippen molar-refractivity contribution >= 4 is 5.91 Å². The van der Waals surface area contributed by atoms with E-state index < -0.39 is 0 Å². The molecule has 0 bridgehead atoms. The number of carbonyl (C=O) groups excluding carboxylic acids is 1. The van der Waals surface area contributed by atoms with Crippen LogP contribution in [0.15, 0.2) is 12.3 Å². The van der Waals surface area contributed by atoms with Gasteiger partial charge in [0.15, 0.2) is 5.76 Å². The molecule has 0 atom stereocenters. The maximum Gasteiger partial charge on any atom is 0.285 e. The van der Waals surface area contributed by atoms with Crippen molar-refractivity contribution in [2.24, 2.45) is 0 Å². The fourth-order valence-corrected chi connectivity index (χ4v) is 0.742. The Morgan fingerprint density at radius 1 is 1.38 bits per heavy atom. The monoisotopic (exact) mass is 185 g/mol. The Morgan fingerprint density at radius 2 is 2.08 bits per heavy atom. The predicted molar refractivity (Wildman–Crippen MR) is 53.3 cm³/mol. The molecule has 0 fully saturated rings. The average Bonchev–Trinajstić information content (AvgIpc) is 2.14. The van der Waals surface area contributed by atoms with E-state index in [0.29, 0.717) is 13.2 Å². The Hall–Kier alpha value is -0.990. The summed E-state index contributed by atoms with van der Waals surface area (Å²) in [5.41, 5.74) is 0. The van der Waals surface area contributed by atoms with Gasteiger partial charge in [-0.1, -0.05) is 26.8 Å². The molecular formula is C10H19NO2. The van der Waals surface area contributed by atoms with Gasteiger partial charge in [0.25, 0.3) is 5.91 Å². The fourth-order valence-electron chi connectivity index (χ4n) is 0.742. The molecule has 0 aromatic heterocycles. The summed E-state index contributed by atoms with van der Waals surface area (Å²) in [7, 11) is 0. The van der Waals surface area contributed by atoms with Gasteiger partial charge in [0.2, 0.25) is 0 Å². The van der Waals surface area contributed by atoms with Crippen molar-refractivity contribution in [1.29, 1.82) is 0 Å². The van der Waals surface area contributed by atoms with Gasteiger partial charge in [-0.3, -0.25) is 4.79 Å². The molecule has 0 aliphatic rings. The molecule has 0 aliphatic carbocycles. The molecule has 0 rings (SSSR count). The number of ether oxygens (including phenoxy) is 1. The van der Waals surface area contributed by atoms with Crippen LogP contribution in [0.4, 0.5) is 0 Å². The van der Waals surface area contributed by atoms with Crippen LogP contribution >= 0.6 is 0 Å². The van der Waals surface area contributed by atoms with Crippen LogP contribution in [0.1, 0.15) is 33.1 Å². The van der Waals surface area contributed by atoms with Crippen LogP contribution in [-0.2, 0) is 9.53 Å². The van der Waals surface area contributed by atoms with Crippen LogP contribution in [0.2, 0.25) is 0 Å². The first kappa shape index (κ1) is 12.0. The zero-order valence-electron chi connectivity index (χ0n) is 8.56. The maximum absolute atomic E-state index is 11.2. The standard InChI is InChI=1S/C10H19NO2/c1-4-6-8-13-9(3)10(12)11-7-5-2/h3-8H2,1-2H3,(H,11,12). The summed E-state index contributed by atoms with van der Waals surface area (Å²) < 4.78 is 5.13. The first-order chi connectivity index (χ1) is 6.22. The molecule has 13 heavy (non-hydrogen) atoms. The molecule has 0 saturated heterocycles. The largest absolute Gasteiger partial charge is 0.488 e. The summed E-state index contributed by atoms with van der Waals surface area (Å²) in [6, 6.07) is 0. The molecule has 0 aromatic rings. The summed E-state index contributed by atoms with van der Waals surface area (Å²) >= 11 is 0. The second kappa shape index (κ2) is 7.65. The van der Waals surface area contributed by atoms with E-state index >= 15 is 0 Å². The Labute approximate surface area is 80.2 Å². The van der Waals surface area contributed by atoms with Gasteiger partial charge in [-0.05, 0) is 12.8 Å². The van der Waals surface area contributed by atoms with E-state index in [-0.39, 0.29) is 11.7 Å². The van der Waals surface area contributed by atoms with E-state index in [0.717, 1.165) is 19.3 Å². The lowest BCUT2D eigenvalue weighted by Gasteiger charge is -2.08. The van der Waals surface area contributed by atoms with Crippen molar-refractivity contribution in [2.45, 2.75) is 33.1 Å². The van der Waals surface area contributed by atoms with E-state index in [9.17, 15) is 4.79 Å². The smallest absolute Gasteiger partial charge is 0.285 e. The van der Waals surface area contributed by atoms with Crippen LogP contribution in [0.25, 0.3) is 0 Å². The third kappa shape index (κ3) is 6.20. The molecular weight excluding hydrogens is 166 g/mol. The normalized spacial score (nSPS) is 9.38. The van der Waals surface area contributed by atoms with Gasteiger partial charge in [0.1, 0.15) is 0 Å². The van der Waals surface area contributed by atoms with Crippen molar-refractivity contribution in [2.75, 3.05) is 13.2 Å². The molecule has 0 spiro atoms. The summed E-state index contributed by atoms with van der Waals surface area (Å²) in [6.45, 7) is 8.87. The van der Waals surface area contributed by atoms with Crippen molar-refractivity contribution in [3.63, 3.8) is 0 Å². The van der Waals surface area contributed by atoms with Crippen molar-refractivity contribution in [1.82, 2.24) is 5.32 Å². The number of carbonyl (C=O) groups is 1. The van der Waals surface area contributed by atoms with Gasteiger partial charge >= 0.3 is 0 Å². The molecule has 0 saturated carbocycles. The zero-order valence-corrected chi connectivity index (χ0v) is 8.56. The lowest BCUT2D eigenvalue weighted by atomic mass is 10.3. The first-order valence-electron chi connectivity index (χ1n) is 4.82. The highest BCUT2D eigenvalue weighted by Gasteiger charge is 2.05. The summed E-state index contributed by atoms with van der Waals surface area (Å²) in [5.74, 6) is 0.0276. The van der Waals surface area contributed by atoms with Gasteiger partial charge in [-0.25, -0.2) is 0 Å². The minimum absolute atomic E-state index is 0.196. The van der Waals surface area contributed by atoms with Crippen LogP contribution < -0.4 is 5.32 Å². The number of amides is 1. The molecule has 3 nitrogen and oxygen atoms in total. The molecule has 1 N–H and O–H groups in total. The molecule has 0 aromatic carbocycles. The molecule has 0 radical (unpaired) electrons. The maximum atomic E-state index is 11.2. The van der Waals surface area contributed by atoms with Crippen molar-refractivity contribution in [3.8, 4) is 0 Å². The summed E-state index contributed by atoms with van der Waals surface area (Å²) in [4.78, 5) is 11.2. The molecule has 0 aliphatic heterocycles. The lowest BCUT2D eigenvalue weighted by molar-refractivity contribution is -0.120. The molecule has 76 valence electrons. The lowest BCUT2D eigenvalue weighted by Crippen LogP contribution is -2.26. The molecule has 3 heteroatoms. The van der Waals surface area contributed by atoms with Gasteiger partial charge in [0.05, 0.1) is 6.61 Å². The SMILES string of the molecule is C=C(OCCCC)C(=O)NCCC. The van der Waals surface area contributed by atoms with Crippen LogP contribution in [0.5, 0.6) is 0 Å². The first-order valence-corrected chi connectivity index (χ1v) is 4.82. The fraction of sp³-hybridized carbons (Fsp3) is 0.700. The van der Waals surface area contributed by atoms with E-state index in [1.807, 2.05) is 6.92 Å². The van der Waals surface area contributed by atoms with Gasteiger partial charge < -0.3 is 10.1 Å². The summed E-state index contributed by atoms with van der Waals surface area (Å²) in [5, 5.41) is 2.70. The molecule has 0 heterocycles. The van der Waals surface area contributed by atoms with Crippen LogP contribution in [0, 0.1) is 0 Å². The minimum atomic E-state index is -0.196. The van der Waals surface area contributed by atoms with Crippen LogP contribution in [0.3, 0.4) is 0 Å². The van der Waals surface area contributed by atoms with E-state index in [1.165, 1.54) is 0 Å². The highest BCUT2D eigenvalue weighted by atomic mass is 16.5. The highest BCUT2D eigenvalue weighted by Crippen LogP contribution is 1.96. The Kier molecular flexibility index (Phi) is 7.07. The Morgan fingerprint density at radius 3 is 2.62 bits per heavy atom. The molecule has 1 amide bonds. The van der Waals surface area contributed by atoms with Crippen molar-refractivity contribution < 1.29 is 9.53 Å². The summed E-state index contributed by atoms with van der Waals surface area (Å²) in [6.07, 6.45) is 2.94. The third-order valence-corrected chi connectivity index (χ3v) is 1.56.